The number of amides is 1. The topological polar surface area (TPSA) is 64.3 Å². The van der Waals surface area contributed by atoms with Crippen molar-refractivity contribution in [1.82, 2.24) is 5.32 Å². The molecule has 0 aromatic carbocycles. The number of rotatable bonds is 5. The number of alkyl halides is 2. The van der Waals surface area contributed by atoms with E-state index >= 15 is 0 Å². The largest absolute Gasteiger partial charge is 0.383 e. The summed E-state index contributed by atoms with van der Waals surface area (Å²) in [6, 6.07) is -0.241. The van der Waals surface area contributed by atoms with Crippen LogP contribution in [0.1, 0.15) is 25.7 Å². The number of hydrogen-bond donors (Lipinski definition) is 2. The minimum absolute atomic E-state index is 0.187. The average Bonchev–Trinajstić information content (AvgIpc) is 2.28. The number of carbonyl (C=O) groups excluding carboxylic acids is 1. The van der Waals surface area contributed by atoms with E-state index in [0.29, 0.717) is 6.61 Å². The number of hydrogen-bond acceptors (Lipinski definition) is 3. The van der Waals surface area contributed by atoms with Gasteiger partial charge in [0.05, 0.1) is 12.6 Å². The molecule has 4 nitrogen and oxygen atoms in total. The number of halogens is 2. The van der Waals surface area contributed by atoms with E-state index in [-0.39, 0.29) is 50.1 Å². The lowest BCUT2D eigenvalue weighted by Crippen LogP contribution is -2.46. The van der Waals surface area contributed by atoms with Crippen LogP contribution in [-0.4, -0.2) is 38.1 Å². The fourth-order valence-corrected chi connectivity index (χ4v) is 1.99. The van der Waals surface area contributed by atoms with Crippen LogP contribution in [0.2, 0.25) is 0 Å². The van der Waals surface area contributed by atoms with Crippen LogP contribution in [0.15, 0.2) is 0 Å². The molecule has 1 atom stereocenters. The third-order valence-electron chi connectivity index (χ3n) is 3.09. The molecule has 0 bridgehead atoms. The third-order valence-corrected chi connectivity index (χ3v) is 3.09. The highest BCUT2D eigenvalue weighted by Gasteiger charge is 2.37. The molecule has 1 fully saturated rings. The third kappa shape index (κ3) is 4.55. The fraction of sp³-hybridized carbons (Fsp3) is 0.909. The van der Waals surface area contributed by atoms with Crippen LogP contribution in [-0.2, 0) is 9.53 Å². The second kappa shape index (κ2) is 6.26. The van der Waals surface area contributed by atoms with Crippen molar-refractivity contribution >= 4 is 5.91 Å². The molecule has 1 amide bonds. The molecule has 1 rings (SSSR count). The molecule has 0 aromatic heterocycles. The van der Waals surface area contributed by atoms with Crippen LogP contribution in [0.5, 0.6) is 0 Å². The van der Waals surface area contributed by atoms with Crippen LogP contribution < -0.4 is 11.1 Å². The van der Waals surface area contributed by atoms with Gasteiger partial charge in [0.15, 0.2) is 0 Å². The van der Waals surface area contributed by atoms with E-state index in [1.54, 1.807) is 0 Å². The Kier molecular flexibility index (Phi) is 5.27. The number of nitrogens with two attached hydrogens (primary N) is 1. The van der Waals surface area contributed by atoms with Gasteiger partial charge in [0.1, 0.15) is 0 Å². The molecule has 3 N–H and O–H groups in total. The molecular formula is C11H20F2N2O2. The van der Waals surface area contributed by atoms with Gasteiger partial charge in [-0.25, -0.2) is 8.78 Å². The van der Waals surface area contributed by atoms with Crippen molar-refractivity contribution in [3.05, 3.63) is 0 Å². The van der Waals surface area contributed by atoms with Crippen molar-refractivity contribution < 1.29 is 18.3 Å². The molecular weight excluding hydrogens is 230 g/mol. The van der Waals surface area contributed by atoms with Crippen LogP contribution in [0.4, 0.5) is 8.78 Å². The van der Waals surface area contributed by atoms with E-state index in [0.717, 1.165) is 0 Å². The number of nitrogens with one attached hydrogen (secondary N) is 1. The van der Waals surface area contributed by atoms with Gasteiger partial charge in [0.2, 0.25) is 11.8 Å². The van der Waals surface area contributed by atoms with Gasteiger partial charge in [-0.1, -0.05) is 0 Å². The molecule has 0 saturated heterocycles. The number of carbonyl (C=O) groups is 1. The zero-order valence-corrected chi connectivity index (χ0v) is 10.0. The Bertz CT molecular complexity index is 252. The Balaban J connectivity index is 2.38. The second-order valence-electron chi connectivity index (χ2n) is 4.53. The minimum Gasteiger partial charge on any atom is -0.383 e. The van der Waals surface area contributed by atoms with E-state index in [1.807, 2.05) is 0 Å². The van der Waals surface area contributed by atoms with E-state index in [9.17, 15) is 13.6 Å². The first-order valence-corrected chi connectivity index (χ1v) is 5.85. The lowest BCUT2D eigenvalue weighted by atomic mass is 9.86. The Morgan fingerprint density at radius 3 is 2.59 bits per heavy atom. The van der Waals surface area contributed by atoms with E-state index in [1.165, 1.54) is 7.11 Å². The standard InChI is InChI=1S/C11H20F2N2O2/c1-17-7-9(6-14)15-10(16)8-2-4-11(12,13)5-3-8/h8-9H,2-7,14H2,1H3,(H,15,16). The summed E-state index contributed by atoms with van der Waals surface area (Å²) in [6.07, 6.45) is 0.0670. The van der Waals surface area contributed by atoms with Gasteiger partial charge in [-0.2, -0.15) is 0 Å². The Morgan fingerprint density at radius 2 is 2.12 bits per heavy atom. The Hall–Kier alpha value is -0.750. The van der Waals surface area contributed by atoms with Crippen molar-refractivity contribution in [2.24, 2.45) is 11.7 Å². The second-order valence-corrected chi connectivity index (χ2v) is 4.53. The van der Waals surface area contributed by atoms with Crippen LogP contribution in [0, 0.1) is 5.92 Å². The predicted molar refractivity (Wildman–Crippen MR) is 59.8 cm³/mol. The van der Waals surface area contributed by atoms with Gasteiger partial charge in [-0.05, 0) is 12.8 Å². The summed E-state index contributed by atoms with van der Waals surface area (Å²) in [6.45, 7) is 0.619. The molecule has 0 aromatic rings. The molecule has 0 aliphatic heterocycles. The van der Waals surface area contributed by atoms with Crippen molar-refractivity contribution in [3.63, 3.8) is 0 Å². The normalized spacial score (nSPS) is 22.1. The van der Waals surface area contributed by atoms with Crippen molar-refractivity contribution in [1.29, 1.82) is 0 Å². The molecule has 1 unspecified atom stereocenters. The Morgan fingerprint density at radius 1 is 1.53 bits per heavy atom. The smallest absolute Gasteiger partial charge is 0.248 e. The Labute approximate surface area is 99.9 Å². The summed E-state index contributed by atoms with van der Waals surface area (Å²) in [7, 11) is 1.52. The van der Waals surface area contributed by atoms with Crippen LogP contribution in [0.25, 0.3) is 0 Å². The lowest BCUT2D eigenvalue weighted by molar-refractivity contribution is -0.130. The van der Waals surface area contributed by atoms with Gasteiger partial charge in [0, 0.05) is 32.4 Å². The molecule has 17 heavy (non-hydrogen) atoms. The predicted octanol–water partition coefficient (Wildman–Crippen LogP) is 0.902. The minimum atomic E-state index is -2.60. The molecule has 1 aliphatic carbocycles. The van der Waals surface area contributed by atoms with Gasteiger partial charge in [-0.15, -0.1) is 0 Å². The molecule has 100 valence electrons. The average molecular weight is 250 g/mol. The summed E-state index contributed by atoms with van der Waals surface area (Å²) < 4.78 is 30.7. The van der Waals surface area contributed by atoms with Gasteiger partial charge < -0.3 is 15.8 Å². The number of ether oxygens (including phenoxy) is 1. The van der Waals surface area contributed by atoms with Crippen molar-refractivity contribution in [2.45, 2.75) is 37.6 Å². The SMILES string of the molecule is COCC(CN)NC(=O)C1CCC(F)(F)CC1. The van der Waals surface area contributed by atoms with E-state index in [2.05, 4.69) is 5.32 Å². The molecule has 1 aliphatic rings. The first kappa shape index (κ1) is 14.3. The summed E-state index contributed by atoms with van der Waals surface area (Å²) >= 11 is 0. The first-order valence-electron chi connectivity index (χ1n) is 5.85. The summed E-state index contributed by atoms with van der Waals surface area (Å²) in [5, 5.41) is 2.73. The maximum absolute atomic E-state index is 12.9. The first-order chi connectivity index (χ1) is 7.98. The highest BCUT2D eigenvalue weighted by atomic mass is 19.3. The summed E-state index contributed by atoms with van der Waals surface area (Å²) in [5.74, 6) is -3.11. The zero-order chi connectivity index (χ0) is 12.9. The molecule has 0 heterocycles. The molecule has 0 radical (unpaired) electrons. The zero-order valence-electron chi connectivity index (χ0n) is 10.0. The fourth-order valence-electron chi connectivity index (χ4n) is 1.99. The maximum Gasteiger partial charge on any atom is 0.248 e. The van der Waals surface area contributed by atoms with Crippen LogP contribution >= 0.6 is 0 Å². The quantitative estimate of drug-likeness (QED) is 0.762. The highest BCUT2D eigenvalue weighted by Crippen LogP contribution is 2.36. The van der Waals surface area contributed by atoms with Crippen LogP contribution in [0.3, 0.4) is 0 Å². The van der Waals surface area contributed by atoms with E-state index < -0.39 is 5.92 Å². The summed E-state index contributed by atoms with van der Waals surface area (Å²) in [4.78, 5) is 11.8. The van der Waals surface area contributed by atoms with E-state index in [4.69, 9.17) is 10.5 Å². The maximum atomic E-state index is 12.9. The monoisotopic (exact) mass is 250 g/mol. The number of methoxy groups -OCH3 is 1. The van der Waals surface area contributed by atoms with Crippen molar-refractivity contribution in [3.8, 4) is 0 Å². The summed E-state index contributed by atoms with van der Waals surface area (Å²) in [5.41, 5.74) is 5.47. The van der Waals surface area contributed by atoms with Gasteiger partial charge >= 0.3 is 0 Å². The van der Waals surface area contributed by atoms with Crippen molar-refractivity contribution in [2.75, 3.05) is 20.3 Å². The lowest BCUT2D eigenvalue weighted by Gasteiger charge is -2.28. The van der Waals surface area contributed by atoms with Gasteiger partial charge in [0.25, 0.3) is 0 Å². The molecule has 6 heteroatoms. The molecule has 1 saturated carbocycles. The van der Waals surface area contributed by atoms with Gasteiger partial charge in [-0.3, -0.25) is 4.79 Å². The molecule has 0 spiro atoms. The highest BCUT2D eigenvalue weighted by molar-refractivity contribution is 5.79.